The molecule has 1 aromatic rings. The van der Waals surface area contributed by atoms with Crippen LogP contribution in [0.25, 0.3) is 0 Å². The molecule has 2 N–H and O–H groups in total. The van der Waals surface area contributed by atoms with Crippen molar-refractivity contribution in [3.63, 3.8) is 0 Å². The molecule has 0 aliphatic carbocycles. The van der Waals surface area contributed by atoms with Crippen molar-refractivity contribution in [1.82, 2.24) is 4.31 Å². The number of aryl methyl sites for hydroxylation is 1. The van der Waals surface area contributed by atoms with Gasteiger partial charge in [-0.15, -0.1) is 11.3 Å². The number of hydrogen-bond donors (Lipinski definition) is 1. The van der Waals surface area contributed by atoms with Gasteiger partial charge >= 0.3 is 0 Å². The third-order valence-corrected chi connectivity index (χ3v) is 7.30. The Bertz CT molecular complexity index is 579. The van der Waals surface area contributed by atoms with Crippen LogP contribution in [-0.4, -0.2) is 44.4 Å². The fourth-order valence-corrected chi connectivity index (χ4v) is 5.70. The number of primary amides is 1. The van der Waals surface area contributed by atoms with Gasteiger partial charge in [0.1, 0.15) is 10.3 Å². The highest BCUT2D eigenvalue weighted by atomic mass is 79.9. The molecular weight excluding hydrogens is 356 g/mol. The van der Waals surface area contributed by atoms with Gasteiger partial charge in [0.25, 0.3) is 10.0 Å². The van der Waals surface area contributed by atoms with E-state index in [9.17, 15) is 13.2 Å². The van der Waals surface area contributed by atoms with Crippen molar-refractivity contribution >= 4 is 43.2 Å². The maximum Gasteiger partial charge on any atom is 0.253 e. The standard InChI is InChI=1S/C10H13BrN2O4S2/c1-6-4-8(18-9(6)11)19(15,16)13-2-3-17-5-7(13)10(12)14/h4,7H,2-3,5H2,1H3,(H2,12,14). The lowest BCUT2D eigenvalue weighted by Gasteiger charge is -2.31. The number of nitrogens with two attached hydrogens (primary N) is 1. The van der Waals surface area contributed by atoms with E-state index in [0.29, 0.717) is 0 Å². The topological polar surface area (TPSA) is 89.7 Å². The number of halogens is 1. The van der Waals surface area contributed by atoms with Gasteiger partial charge in [0, 0.05) is 6.54 Å². The Hall–Kier alpha value is -0.480. The normalized spacial score (nSPS) is 21.5. The van der Waals surface area contributed by atoms with Crippen LogP contribution < -0.4 is 5.73 Å². The van der Waals surface area contributed by atoms with Crippen LogP contribution in [0.4, 0.5) is 0 Å². The molecule has 106 valence electrons. The van der Waals surface area contributed by atoms with E-state index in [2.05, 4.69) is 15.9 Å². The van der Waals surface area contributed by atoms with Crippen molar-refractivity contribution in [2.24, 2.45) is 5.73 Å². The van der Waals surface area contributed by atoms with E-state index in [-0.39, 0.29) is 24.0 Å². The summed E-state index contributed by atoms with van der Waals surface area (Å²) < 4.78 is 32.2. The number of amides is 1. The van der Waals surface area contributed by atoms with Crippen LogP contribution in [-0.2, 0) is 19.6 Å². The first-order chi connectivity index (χ1) is 8.84. The van der Waals surface area contributed by atoms with Gasteiger partial charge in [-0.1, -0.05) is 0 Å². The summed E-state index contributed by atoms with van der Waals surface area (Å²) in [5.74, 6) is -0.699. The Kier molecular flexibility index (Phi) is 4.31. The van der Waals surface area contributed by atoms with Gasteiger partial charge < -0.3 is 10.5 Å². The van der Waals surface area contributed by atoms with Crippen LogP contribution in [0.2, 0.25) is 0 Å². The van der Waals surface area contributed by atoms with E-state index in [4.69, 9.17) is 10.5 Å². The molecule has 2 heterocycles. The van der Waals surface area contributed by atoms with E-state index >= 15 is 0 Å². The van der Waals surface area contributed by atoms with Crippen molar-refractivity contribution in [3.8, 4) is 0 Å². The predicted octanol–water partition coefficient (Wildman–Crippen LogP) is 0.694. The molecule has 1 aliphatic heterocycles. The summed E-state index contributed by atoms with van der Waals surface area (Å²) in [6, 6.07) is 0.636. The van der Waals surface area contributed by atoms with Crippen molar-refractivity contribution in [2.45, 2.75) is 17.2 Å². The van der Waals surface area contributed by atoms with Gasteiger partial charge in [0.05, 0.1) is 17.0 Å². The Morgan fingerprint density at radius 3 is 2.84 bits per heavy atom. The predicted molar refractivity (Wildman–Crippen MR) is 74.4 cm³/mol. The molecule has 1 amide bonds. The van der Waals surface area contributed by atoms with Gasteiger partial charge in [-0.3, -0.25) is 4.79 Å². The lowest BCUT2D eigenvalue weighted by atomic mass is 10.3. The van der Waals surface area contributed by atoms with E-state index < -0.39 is 22.0 Å². The average Bonchev–Trinajstić information content (AvgIpc) is 2.70. The summed E-state index contributed by atoms with van der Waals surface area (Å²) in [6.07, 6.45) is 0. The van der Waals surface area contributed by atoms with Crippen LogP contribution >= 0.6 is 27.3 Å². The summed E-state index contributed by atoms with van der Waals surface area (Å²) in [5, 5.41) is 0. The molecule has 9 heteroatoms. The zero-order valence-corrected chi connectivity index (χ0v) is 13.3. The molecule has 1 saturated heterocycles. The highest BCUT2D eigenvalue weighted by Gasteiger charge is 2.38. The van der Waals surface area contributed by atoms with Crippen LogP contribution in [0.1, 0.15) is 5.56 Å². The molecule has 19 heavy (non-hydrogen) atoms. The van der Waals surface area contributed by atoms with Gasteiger partial charge in [-0.2, -0.15) is 4.31 Å². The molecule has 0 radical (unpaired) electrons. The van der Waals surface area contributed by atoms with Crippen molar-refractivity contribution in [1.29, 1.82) is 0 Å². The number of hydrogen-bond acceptors (Lipinski definition) is 5. The van der Waals surface area contributed by atoms with Crippen molar-refractivity contribution in [2.75, 3.05) is 19.8 Å². The molecule has 1 aliphatic rings. The number of morpholine rings is 1. The smallest absolute Gasteiger partial charge is 0.253 e. The number of sulfonamides is 1. The fraction of sp³-hybridized carbons (Fsp3) is 0.500. The first-order valence-electron chi connectivity index (χ1n) is 5.49. The summed E-state index contributed by atoms with van der Waals surface area (Å²) in [6.45, 7) is 2.20. The minimum absolute atomic E-state index is 0.0000896. The summed E-state index contributed by atoms with van der Waals surface area (Å²) in [5.41, 5.74) is 6.08. The highest BCUT2D eigenvalue weighted by Crippen LogP contribution is 2.33. The Morgan fingerprint density at radius 1 is 1.63 bits per heavy atom. The second kappa shape index (κ2) is 5.49. The zero-order chi connectivity index (χ0) is 14.2. The lowest BCUT2D eigenvalue weighted by molar-refractivity contribution is -0.125. The van der Waals surface area contributed by atoms with Gasteiger partial charge in [0.15, 0.2) is 0 Å². The van der Waals surface area contributed by atoms with Gasteiger partial charge in [-0.25, -0.2) is 8.42 Å². The van der Waals surface area contributed by atoms with Crippen molar-refractivity contribution < 1.29 is 17.9 Å². The fourth-order valence-electron chi connectivity index (χ4n) is 1.77. The Balaban J connectivity index is 2.39. The SMILES string of the molecule is Cc1cc(S(=O)(=O)N2CCOCC2C(N)=O)sc1Br. The maximum atomic E-state index is 12.5. The molecule has 6 nitrogen and oxygen atoms in total. The number of carbonyl (C=O) groups is 1. The summed E-state index contributed by atoms with van der Waals surface area (Å²) in [7, 11) is -3.72. The molecule has 1 unspecified atom stereocenters. The highest BCUT2D eigenvalue weighted by molar-refractivity contribution is 9.11. The quantitative estimate of drug-likeness (QED) is 0.849. The van der Waals surface area contributed by atoms with Crippen LogP contribution in [0.3, 0.4) is 0 Å². The largest absolute Gasteiger partial charge is 0.378 e. The first kappa shape index (κ1) is 14.9. The molecule has 0 bridgehead atoms. The van der Waals surface area contributed by atoms with Crippen molar-refractivity contribution in [3.05, 3.63) is 15.4 Å². The van der Waals surface area contributed by atoms with E-state index in [1.165, 1.54) is 0 Å². The number of nitrogens with zero attached hydrogens (tertiary/aromatic N) is 1. The van der Waals surface area contributed by atoms with Crippen LogP contribution in [0, 0.1) is 6.92 Å². The van der Waals surface area contributed by atoms with E-state index in [1.807, 2.05) is 6.92 Å². The molecule has 1 atom stereocenters. The molecular formula is C10H13BrN2O4S2. The Morgan fingerprint density at radius 2 is 2.32 bits per heavy atom. The average molecular weight is 369 g/mol. The second-order valence-corrected chi connectivity index (χ2v) is 8.62. The lowest BCUT2D eigenvalue weighted by Crippen LogP contribution is -2.54. The summed E-state index contributed by atoms with van der Waals surface area (Å²) in [4.78, 5) is 11.3. The zero-order valence-electron chi connectivity index (χ0n) is 10.1. The summed E-state index contributed by atoms with van der Waals surface area (Å²) >= 11 is 4.42. The van der Waals surface area contributed by atoms with E-state index in [1.54, 1.807) is 6.07 Å². The van der Waals surface area contributed by atoms with Crippen LogP contribution in [0.15, 0.2) is 14.1 Å². The third-order valence-electron chi connectivity index (χ3n) is 2.81. The van der Waals surface area contributed by atoms with E-state index in [0.717, 1.165) is 25.0 Å². The number of carbonyl (C=O) groups excluding carboxylic acids is 1. The Labute approximate surface area is 123 Å². The number of rotatable bonds is 3. The minimum Gasteiger partial charge on any atom is -0.378 e. The van der Waals surface area contributed by atoms with Crippen LogP contribution in [0.5, 0.6) is 0 Å². The first-order valence-corrected chi connectivity index (χ1v) is 8.54. The molecule has 1 aromatic heterocycles. The third kappa shape index (κ3) is 2.84. The molecule has 2 rings (SSSR count). The molecule has 1 fully saturated rings. The monoisotopic (exact) mass is 368 g/mol. The molecule has 0 spiro atoms. The second-order valence-electron chi connectivity index (χ2n) is 4.13. The van der Waals surface area contributed by atoms with Gasteiger partial charge in [-0.05, 0) is 34.5 Å². The number of ether oxygens (including phenoxy) is 1. The molecule has 0 saturated carbocycles. The number of thiophene rings is 1. The van der Waals surface area contributed by atoms with Gasteiger partial charge in [0.2, 0.25) is 5.91 Å². The minimum atomic E-state index is -3.72. The maximum absolute atomic E-state index is 12.5. The molecule has 0 aromatic carbocycles.